The second-order valence-electron chi connectivity index (χ2n) is 4.84. The van der Waals surface area contributed by atoms with E-state index < -0.39 is 0 Å². The topological polar surface area (TPSA) is 42.4 Å². The smallest absolute Gasteiger partial charge is 0.266 e. The molecule has 2 aromatic rings. The summed E-state index contributed by atoms with van der Waals surface area (Å²) in [6, 6.07) is 6.10. The summed E-state index contributed by atoms with van der Waals surface area (Å²) in [5, 5.41) is 2.54. The molecule has 1 aromatic heterocycles. The number of amides is 1. The summed E-state index contributed by atoms with van der Waals surface area (Å²) in [5.74, 6) is 0.673. The zero-order valence-electron chi connectivity index (χ0n) is 11.3. The second-order valence-corrected chi connectivity index (χ2v) is 5.71. The Kier molecular flexibility index (Phi) is 3.69. The molecule has 0 radical (unpaired) electrons. The van der Waals surface area contributed by atoms with Gasteiger partial charge in [0.05, 0.1) is 0 Å². The van der Waals surface area contributed by atoms with Gasteiger partial charge in [0, 0.05) is 18.6 Å². The predicted octanol–water partition coefficient (Wildman–Crippen LogP) is 2.67. The van der Waals surface area contributed by atoms with Crippen LogP contribution in [0.4, 0.5) is 5.13 Å². The summed E-state index contributed by atoms with van der Waals surface area (Å²) in [6.07, 6.45) is 5.16. The van der Waals surface area contributed by atoms with E-state index >= 15 is 0 Å². The van der Waals surface area contributed by atoms with Crippen LogP contribution in [0, 0.1) is 0 Å². The lowest BCUT2D eigenvalue weighted by atomic mass is 10.1. The van der Waals surface area contributed by atoms with Gasteiger partial charge in [-0.15, -0.1) is 11.3 Å². The minimum absolute atomic E-state index is 0.0366. The lowest BCUT2D eigenvalue weighted by molar-refractivity contribution is -0.120. The first-order valence-corrected chi connectivity index (χ1v) is 7.52. The number of hydrogen-bond donors (Lipinski definition) is 0. The Morgan fingerprint density at radius 3 is 3.05 bits per heavy atom. The first-order chi connectivity index (χ1) is 9.74. The molecule has 0 aliphatic heterocycles. The summed E-state index contributed by atoms with van der Waals surface area (Å²) >= 11 is 1.44. The molecule has 4 nitrogen and oxygen atoms in total. The fourth-order valence-corrected chi connectivity index (χ4v) is 2.99. The zero-order valence-corrected chi connectivity index (χ0v) is 12.2. The van der Waals surface area contributed by atoms with Crippen LogP contribution in [0.3, 0.4) is 0 Å². The van der Waals surface area contributed by atoms with Gasteiger partial charge in [-0.25, -0.2) is 4.98 Å². The maximum atomic E-state index is 12.0. The molecule has 0 N–H and O–H groups in total. The normalized spacial score (nSPS) is 13.1. The van der Waals surface area contributed by atoms with E-state index in [9.17, 15) is 4.79 Å². The van der Waals surface area contributed by atoms with Gasteiger partial charge in [-0.1, -0.05) is 6.07 Å². The molecule has 1 amide bonds. The van der Waals surface area contributed by atoms with Crippen LogP contribution in [0.2, 0.25) is 0 Å². The van der Waals surface area contributed by atoms with Crippen LogP contribution in [0.5, 0.6) is 5.75 Å². The number of benzene rings is 1. The average molecular weight is 288 g/mol. The van der Waals surface area contributed by atoms with Gasteiger partial charge in [-0.2, -0.15) is 0 Å². The summed E-state index contributed by atoms with van der Waals surface area (Å²) in [4.78, 5) is 17.6. The van der Waals surface area contributed by atoms with Crippen molar-refractivity contribution < 1.29 is 9.53 Å². The molecular formula is C15H16N2O2S. The number of ether oxygens (including phenoxy) is 1. The van der Waals surface area contributed by atoms with E-state index in [4.69, 9.17) is 4.74 Å². The Balaban J connectivity index is 1.60. The number of hydrogen-bond acceptors (Lipinski definition) is 4. The fourth-order valence-electron chi connectivity index (χ4n) is 2.37. The molecule has 1 aromatic carbocycles. The fraction of sp³-hybridized carbons (Fsp3) is 0.333. The molecule has 0 atom stereocenters. The molecule has 20 heavy (non-hydrogen) atoms. The highest BCUT2D eigenvalue weighted by atomic mass is 32.1. The Morgan fingerprint density at radius 2 is 2.25 bits per heavy atom. The number of likely N-dealkylation sites (N-methyl/N-ethyl adjacent to an activating group) is 1. The lowest BCUT2D eigenvalue weighted by Gasteiger charge is -2.14. The molecule has 1 aliphatic rings. The summed E-state index contributed by atoms with van der Waals surface area (Å²) in [7, 11) is 1.72. The van der Waals surface area contributed by atoms with Crippen molar-refractivity contribution in [2.45, 2.75) is 19.3 Å². The standard InChI is InChI=1S/C15H16N2O2S/c1-17(15-16-7-8-20-15)14(18)10-19-13-6-5-11-3-2-4-12(11)9-13/h5-9H,2-4,10H2,1H3. The lowest BCUT2D eigenvalue weighted by Crippen LogP contribution is -2.31. The van der Waals surface area contributed by atoms with Gasteiger partial charge in [0.1, 0.15) is 5.75 Å². The van der Waals surface area contributed by atoms with Crippen LogP contribution in [0.25, 0.3) is 0 Å². The second kappa shape index (κ2) is 5.63. The number of fused-ring (bicyclic) bond motifs is 1. The predicted molar refractivity (Wildman–Crippen MR) is 79.5 cm³/mol. The first-order valence-electron chi connectivity index (χ1n) is 6.65. The third kappa shape index (κ3) is 2.67. The van der Waals surface area contributed by atoms with E-state index in [2.05, 4.69) is 17.1 Å². The highest BCUT2D eigenvalue weighted by Crippen LogP contribution is 2.26. The van der Waals surface area contributed by atoms with Crippen LogP contribution < -0.4 is 9.64 Å². The molecule has 5 heteroatoms. The van der Waals surface area contributed by atoms with E-state index in [1.54, 1.807) is 13.2 Å². The van der Waals surface area contributed by atoms with Gasteiger partial charge in [0.25, 0.3) is 5.91 Å². The molecule has 3 rings (SSSR count). The molecule has 0 fully saturated rings. The number of carbonyl (C=O) groups is 1. The van der Waals surface area contributed by atoms with Gasteiger partial charge in [-0.05, 0) is 42.5 Å². The van der Waals surface area contributed by atoms with E-state index in [-0.39, 0.29) is 12.5 Å². The van der Waals surface area contributed by atoms with Gasteiger partial charge < -0.3 is 4.74 Å². The number of aromatic nitrogens is 1. The van der Waals surface area contributed by atoms with Gasteiger partial charge in [-0.3, -0.25) is 9.69 Å². The molecule has 0 spiro atoms. The van der Waals surface area contributed by atoms with Crippen LogP contribution in [-0.2, 0) is 17.6 Å². The Hall–Kier alpha value is -1.88. The molecule has 1 heterocycles. The van der Waals surface area contributed by atoms with Crippen molar-refractivity contribution in [3.8, 4) is 5.75 Å². The summed E-state index contributed by atoms with van der Waals surface area (Å²) in [5.41, 5.74) is 2.76. The Bertz CT molecular complexity index is 610. The van der Waals surface area contributed by atoms with E-state index in [1.165, 1.54) is 33.8 Å². The van der Waals surface area contributed by atoms with Crippen molar-refractivity contribution in [1.82, 2.24) is 4.98 Å². The molecule has 0 unspecified atom stereocenters. The van der Waals surface area contributed by atoms with Crippen molar-refractivity contribution in [3.05, 3.63) is 40.9 Å². The highest BCUT2D eigenvalue weighted by molar-refractivity contribution is 7.13. The number of nitrogens with zero attached hydrogens (tertiary/aromatic N) is 2. The average Bonchev–Trinajstić information content (AvgIpc) is 3.13. The maximum absolute atomic E-state index is 12.0. The summed E-state index contributed by atoms with van der Waals surface area (Å²) < 4.78 is 5.60. The monoisotopic (exact) mass is 288 g/mol. The first kappa shape index (κ1) is 13.1. The van der Waals surface area contributed by atoms with Gasteiger partial charge >= 0.3 is 0 Å². The minimum Gasteiger partial charge on any atom is -0.484 e. The number of anilines is 1. The van der Waals surface area contributed by atoms with Gasteiger partial charge in [0.15, 0.2) is 11.7 Å². The minimum atomic E-state index is -0.0968. The number of rotatable bonds is 4. The summed E-state index contributed by atoms with van der Waals surface area (Å²) in [6.45, 7) is 0.0366. The molecule has 1 aliphatic carbocycles. The number of aryl methyl sites for hydroxylation is 2. The van der Waals surface area contributed by atoms with Crippen LogP contribution >= 0.6 is 11.3 Å². The molecule has 0 saturated heterocycles. The number of thiazole rings is 1. The molecule has 0 saturated carbocycles. The van der Waals surface area contributed by atoms with Crippen molar-refractivity contribution in [1.29, 1.82) is 0 Å². The molecule has 0 bridgehead atoms. The number of carbonyl (C=O) groups excluding carboxylic acids is 1. The third-order valence-corrected chi connectivity index (χ3v) is 4.36. The van der Waals surface area contributed by atoms with Crippen LogP contribution in [-0.4, -0.2) is 24.5 Å². The Labute approximate surface area is 122 Å². The largest absolute Gasteiger partial charge is 0.484 e. The SMILES string of the molecule is CN(C(=O)COc1ccc2c(c1)CCC2)c1nccs1. The van der Waals surface area contributed by atoms with Crippen LogP contribution in [0.15, 0.2) is 29.8 Å². The van der Waals surface area contributed by atoms with Crippen molar-refractivity contribution in [2.75, 3.05) is 18.6 Å². The molecule has 104 valence electrons. The van der Waals surface area contributed by atoms with Gasteiger partial charge in [0.2, 0.25) is 0 Å². The zero-order chi connectivity index (χ0) is 13.9. The Morgan fingerprint density at radius 1 is 1.40 bits per heavy atom. The molecular weight excluding hydrogens is 272 g/mol. The van der Waals surface area contributed by atoms with E-state index in [0.29, 0.717) is 5.13 Å². The highest BCUT2D eigenvalue weighted by Gasteiger charge is 2.15. The van der Waals surface area contributed by atoms with Crippen LogP contribution in [0.1, 0.15) is 17.5 Å². The van der Waals surface area contributed by atoms with E-state index in [1.807, 2.05) is 11.4 Å². The van der Waals surface area contributed by atoms with Crippen molar-refractivity contribution in [3.63, 3.8) is 0 Å². The van der Waals surface area contributed by atoms with Crippen molar-refractivity contribution in [2.24, 2.45) is 0 Å². The van der Waals surface area contributed by atoms with E-state index in [0.717, 1.165) is 18.6 Å². The quantitative estimate of drug-likeness (QED) is 0.868. The maximum Gasteiger partial charge on any atom is 0.266 e. The van der Waals surface area contributed by atoms with Crippen molar-refractivity contribution >= 4 is 22.4 Å². The third-order valence-electron chi connectivity index (χ3n) is 3.51.